The van der Waals surface area contributed by atoms with E-state index >= 15 is 0 Å². The van der Waals surface area contributed by atoms with Gasteiger partial charge in [-0.3, -0.25) is 9.59 Å². The monoisotopic (exact) mass is 400 g/mol. The van der Waals surface area contributed by atoms with Gasteiger partial charge in [0.05, 0.1) is 6.54 Å². The normalized spacial score (nSPS) is 10.8. The molecule has 0 radical (unpaired) electrons. The van der Waals surface area contributed by atoms with Crippen molar-refractivity contribution in [3.8, 4) is 0 Å². The van der Waals surface area contributed by atoms with Gasteiger partial charge in [-0.2, -0.15) is 0 Å². The molecule has 0 aromatic heterocycles. The van der Waals surface area contributed by atoms with E-state index < -0.39 is 11.9 Å². The highest BCUT2D eigenvalue weighted by Gasteiger charge is 2.09. The fourth-order valence-electron chi connectivity index (χ4n) is 2.40. The fraction of sp³-hybridized carbons (Fsp3) is 0.238. The number of hydrogen-bond donors (Lipinski definition) is 4. The molecule has 0 bridgehead atoms. The third kappa shape index (κ3) is 9.83. The maximum Gasteiger partial charge on any atom is 0.414 e. The summed E-state index contributed by atoms with van der Waals surface area (Å²) in [5.74, 6) is -3.64. The number of amides is 1. The number of carboxylic acid groups (broad SMARTS) is 2. The lowest BCUT2D eigenvalue weighted by Gasteiger charge is -2.14. The summed E-state index contributed by atoms with van der Waals surface area (Å²) in [4.78, 5) is 41.4. The zero-order valence-electron chi connectivity index (χ0n) is 16.2. The summed E-state index contributed by atoms with van der Waals surface area (Å²) in [6.45, 7) is 3.85. The van der Waals surface area contributed by atoms with Crippen molar-refractivity contribution in [2.45, 2.75) is 26.3 Å². The molecule has 2 aromatic rings. The molecule has 0 saturated heterocycles. The number of carboxylic acids is 2. The lowest BCUT2D eigenvalue weighted by atomic mass is 10.1. The highest BCUT2D eigenvalue weighted by molar-refractivity contribution is 6.27. The van der Waals surface area contributed by atoms with Gasteiger partial charge >= 0.3 is 11.9 Å². The Morgan fingerprint density at radius 1 is 0.931 bits per heavy atom. The summed E-state index contributed by atoms with van der Waals surface area (Å²) >= 11 is 0. The largest absolute Gasteiger partial charge is 0.473 e. The van der Waals surface area contributed by atoms with Crippen LogP contribution in [0.2, 0.25) is 0 Å². The van der Waals surface area contributed by atoms with Gasteiger partial charge in [-0.05, 0) is 31.0 Å². The van der Waals surface area contributed by atoms with Crippen molar-refractivity contribution in [2.75, 3.05) is 11.9 Å². The number of ketones is 1. The summed E-state index contributed by atoms with van der Waals surface area (Å²) in [6, 6.07) is 17.2. The molecule has 29 heavy (non-hydrogen) atoms. The molecule has 1 unspecified atom stereocenters. The number of carbonyl (C=O) groups is 4. The Balaban J connectivity index is 0.000000612. The summed E-state index contributed by atoms with van der Waals surface area (Å²) in [7, 11) is 0. The molecule has 0 heterocycles. The minimum atomic E-state index is -1.82. The molecule has 0 spiro atoms. The van der Waals surface area contributed by atoms with Crippen LogP contribution in [0.25, 0.3) is 0 Å². The maximum absolute atomic E-state index is 12.1. The minimum absolute atomic E-state index is 0.0817. The van der Waals surface area contributed by atoms with Crippen LogP contribution in [0.1, 0.15) is 29.8 Å². The van der Waals surface area contributed by atoms with E-state index in [-0.39, 0.29) is 17.7 Å². The van der Waals surface area contributed by atoms with Gasteiger partial charge in [0.1, 0.15) is 0 Å². The van der Waals surface area contributed by atoms with Crippen LogP contribution >= 0.6 is 0 Å². The van der Waals surface area contributed by atoms with Crippen LogP contribution in [0.5, 0.6) is 0 Å². The molecular weight excluding hydrogens is 376 g/mol. The first kappa shape index (κ1) is 23.5. The number of nitrogens with one attached hydrogen (secondary N) is 2. The van der Waals surface area contributed by atoms with Gasteiger partial charge in [-0.25, -0.2) is 9.59 Å². The number of benzene rings is 2. The smallest absolute Gasteiger partial charge is 0.414 e. The standard InChI is InChI=1S/C19H22N2O2.C2H2O4/c1-14(20-13-19(23)17-8-4-3-5-9-17)11-16-7-6-10-18(12-16)21-15(2)22;3-1(4)2(5)6/h3-10,12,14,20H,11,13H2,1-2H3,(H,21,22);(H,3,4)(H,5,6). The Hall–Kier alpha value is -3.52. The maximum atomic E-state index is 12.1. The Labute approximate surface area is 168 Å². The lowest BCUT2D eigenvalue weighted by Crippen LogP contribution is -2.33. The van der Waals surface area contributed by atoms with Crippen LogP contribution in [0, 0.1) is 0 Å². The Kier molecular flexibility index (Phi) is 9.76. The van der Waals surface area contributed by atoms with Gasteiger partial charge < -0.3 is 20.8 Å². The predicted molar refractivity (Wildman–Crippen MR) is 108 cm³/mol. The average Bonchev–Trinajstić information content (AvgIpc) is 2.67. The van der Waals surface area contributed by atoms with E-state index in [4.69, 9.17) is 19.8 Å². The van der Waals surface area contributed by atoms with E-state index in [1.807, 2.05) is 61.5 Å². The van der Waals surface area contributed by atoms with E-state index in [9.17, 15) is 9.59 Å². The van der Waals surface area contributed by atoms with Crippen molar-refractivity contribution in [3.05, 3.63) is 65.7 Å². The van der Waals surface area contributed by atoms with Crippen molar-refractivity contribution in [3.63, 3.8) is 0 Å². The van der Waals surface area contributed by atoms with Gasteiger partial charge in [0, 0.05) is 24.2 Å². The van der Waals surface area contributed by atoms with E-state index in [1.165, 1.54) is 6.92 Å². The molecule has 8 heteroatoms. The Bertz CT molecular complexity index is 839. The van der Waals surface area contributed by atoms with Gasteiger partial charge in [0.15, 0.2) is 5.78 Å². The molecule has 2 rings (SSSR count). The van der Waals surface area contributed by atoms with Crippen LogP contribution in [0.15, 0.2) is 54.6 Å². The third-order valence-electron chi connectivity index (χ3n) is 3.68. The quantitative estimate of drug-likeness (QED) is 0.414. The summed E-state index contributed by atoms with van der Waals surface area (Å²) in [6.07, 6.45) is 0.787. The first-order valence-electron chi connectivity index (χ1n) is 8.83. The first-order chi connectivity index (χ1) is 13.7. The van der Waals surface area contributed by atoms with E-state index in [1.54, 1.807) is 0 Å². The molecule has 0 fully saturated rings. The van der Waals surface area contributed by atoms with Crippen molar-refractivity contribution in [2.24, 2.45) is 0 Å². The summed E-state index contributed by atoms with van der Waals surface area (Å²) < 4.78 is 0. The van der Waals surface area contributed by atoms with Crippen molar-refractivity contribution in [1.29, 1.82) is 0 Å². The molecular formula is C21H24N2O6. The molecule has 0 saturated carbocycles. The molecule has 4 N–H and O–H groups in total. The molecule has 154 valence electrons. The number of rotatable bonds is 7. The highest BCUT2D eigenvalue weighted by atomic mass is 16.4. The predicted octanol–water partition coefficient (Wildman–Crippen LogP) is 2.20. The zero-order chi connectivity index (χ0) is 21.8. The lowest BCUT2D eigenvalue weighted by molar-refractivity contribution is -0.159. The fourth-order valence-corrected chi connectivity index (χ4v) is 2.40. The van der Waals surface area contributed by atoms with E-state index in [0.717, 1.165) is 23.2 Å². The summed E-state index contributed by atoms with van der Waals surface area (Å²) in [5.41, 5.74) is 2.63. The second-order valence-electron chi connectivity index (χ2n) is 6.27. The van der Waals surface area contributed by atoms with Crippen molar-refractivity contribution >= 4 is 29.3 Å². The van der Waals surface area contributed by atoms with E-state index in [2.05, 4.69) is 10.6 Å². The van der Waals surface area contributed by atoms with E-state index in [0.29, 0.717) is 6.54 Å². The second kappa shape index (κ2) is 12.0. The van der Waals surface area contributed by atoms with Gasteiger partial charge in [-0.1, -0.05) is 42.5 Å². The molecule has 0 aliphatic rings. The topological polar surface area (TPSA) is 133 Å². The Morgan fingerprint density at radius 3 is 2.10 bits per heavy atom. The molecule has 0 aliphatic carbocycles. The SMILES string of the molecule is CC(=O)Nc1cccc(CC(C)NCC(=O)c2ccccc2)c1.O=C(O)C(=O)O. The minimum Gasteiger partial charge on any atom is -0.473 e. The number of carbonyl (C=O) groups excluding carboxylic acids is 2. The first-order valence-corrected chi connectivity index (χ1v) is 8.83. The van der Waals surface area contributed by atoms with Crippen LogP contribution in [0.4, 0.5) is 5.69 Å². The van der Waals surface area contributed by atoms with Gasteiger partial charge in [0.2, 0.25) is 5.91 Å². The molecule has 2 aromatic carbocycles. The number of Topliss-reactive ketones (excluding diaryl/α,β-unsaturated/α-hetero) is 1. The second-order valence-corrected chi connectivity index (χ2v) is 6.27. The molecule has 0 aliphatic heterocycles. The third-order valence-corrected chi connectivity index (χ3v) is 3.68. The molecule has 1 atom stereocenters. The van der Waals surface area contributed by atoms with Crippen LogP contribution < -0.4 is 10.6 Å². The van der Waals surface area contributed by atoms with Crippen molar-refractivity contribution < 1.29 is 29.4 Å². The highest BCUT2D eigenvalue weighted by Crippen LogP contribution is 2.12. The molecule has 1 amide bonds. The summed E-state index contributed by atoms with van der Waals surface area (Å²) in [5, 5.41) is 20.8. The van der Waals surface area contributed by atoms with Crippen LogP contribution in [-0.2, 0) is 20.8 Å². The Morgan fingerprint density at radius 2 is 1.55 bits per heavy atom. The molecule has 8 nitrogen and oxygen atoms in total. The van der Waals surface area contributed by atoms with Crippen LogP contribution in [0.3, 0.4) is 0 Å². The number of anilines is 1. The van der Waals surface area contributed by atoms with Crippen molar-refractivity contribution in [1.82, 2.24) is 5.32 Å². The number of aliphatic carboxylic acids is 2. The van der Waals surface area contributed by atoms with Crippen LogP contribution in [-0.4, -0.2) is 46.4 Å². The average molecular weight is 400 g/mol. The zero-order valence-corrected chi connectivity index (χ0v) is 16.2. The van der Waals surface area contributed by atoms with Gasteiger partial charge in [0.25, 0.3) is 0 Å². The number of hydrogen-bond acceptors (Lipinski definition) is 5. The van der Waals surface area contributed by atoms with Gasteiger partial charge in [-0.15, -0.1) is 0 Å².